The molecule has 1 aromatic carbocycles. The van der Waals surface area contributed by atoms with Crippen LogP contribution in [0.25, 0.3) is 0 Å². The van der Waals surface area contributed by atoms with Gasteiger partial charge in [-0.25, -0.2) is 0 Å². The summed E-state index contributed by atoms with van der Waals surface area (Å²) in [5, 5.41) is 0. The van der Waals surface area contributed by atoms with Gasteiger partial charge >= 0.3 is 0 Å². The lowest BCUT2D eigenvalue weighted by Gasteiger charge is -2.41. The third-order valence-electron chi connectivity index (χ3n) is 5.49. The Labute approximate surface area is 153 Å². The molecule has 1 unspecified atom stereocenters. The number of aryl methyl sites for hydroxylation is 1. The third kappa shape index (κ3) is 2.67. The average molecular weight is 362 g/mol. The molecule has 0 aliphatic carbocycles. The summed E-state index contributed by atoms with van der Waals surface area (Å²) in [5.74, 6) is 1.77. The second kappa shape index (κ2) is 6.70. The molecule has 0 spiro atoms. The van der Waals surface area contributed by atoms with Crippen LogP contribution in [0.1, 0.15) is 45.0 Å². The van der Waals surface area contributed by atoms with Gasteiger partial charge in [-0.1, -0.05) is 13.0 Å². The van der Waals surface area contributed by atoms with Gasteiger partial charge in [0.05, 0.1) is 7.11 Å². The first-order valence-electron chi connectivity index (χ1n) is 8.84. The van der Waals surface area contributed by atoms with Crippen LogP contribution < -0.4 is 4.74 Å². The topological polar surface area (TPSA) is 12.5 Å². The molecule has 1 atom stereocenters. The van der Waals surface area contributed by atoms with Crippen molar-refractivity contribution in [2.24, 2.45) is 0 Å². The highest BCUT2D eigenvalue weighted by Crippen LogP contribution is 2.43. The van der Waals surface area contributed by atoms with Gasteiger partial charge in [0, 0.05) is 34.8 Å². The molecule has 4 heteroatoms. The van der Waals surface area contributed by atoms with Crippen molar-refractivity contribution < 1.29 is 4.74 Å². The number of benzene rings is 1. The summed E-state index contributed by atoms with van der Waals surface area (Å²) in [6.45, 7) is 4.45. The molecule has 24 heavy (non-hydrogen) atoms. The minimum absolute atomic E-state index is 0.541. The minimum Gasteiger partial charge on any atom is -0.496 e. The summed E-state index contributed by atoms with van der Waals surface area (Å²) < 4.78 is 5.60. The second-order valence-corrected chi connectivity index (χ2v) is 8.31. The van der Waals surface area contributed by atoms with Crippen molar-refractivity contribution in [3.63, 3.8) is 0 Å². The average Bonchev–Trinajstić information content (AvgIpc) is 3.02. The molecule has 1 aromatic heterocycles. The molecule has 2 aliphatic heterocycles. The van der Waals surface area contributed by atoms with E-state index in [9.17, 15) is 0 Å². The Bertz CT molecular complexity index is 754. The maximum absolute atomic E-state index is 5.95. The lowest BCUT2D eigenvalue weighted by atomic mass is 9.84. The summed E-state index contributed by atoms with van der Waals surface area (Å²) >= 11 is 7.93. The van der Waals surface area contributed by atoms with Crippen molar-refractivity contribution in [2.45, 2.75) is 45.2 Å². The van der Waals surface area contributed by atoms with Crippen LogP contribution in [0.4, 0.5) is 0 Å². The lowest BCUT2D eigenvalue weighted by Crippen LogP contribution is -2.39. The Morgan fingerprint density at radius 2 is 2.25 bits per heavy atom. The van der Waals surface area contributed by atoms with E-state index < -0.39 is 0 Å². The Hall–Kier alpha value is -1.03. The zero-order valence-electron chi connectivity index (χ0n) is 14.4. The van der Waals surface area contributed by atoms with Crippen LogP contribution in [0.2, 0.25) is 0 Å². The predicted octanol–water partition coefficient (Wildman–Crippen LogP) is 4.76. The van der Waals surface area contributed by atoms with Gasteiger partial charge in [0.25, 0.3) is 0 Å². The molecule has 2 aromatic rings. The fraction of sp³-hybridized carbons (Fsp3) is 0.500. The molecule has 0 radical (unpaired) electrons. The number of ether oxygens (including phenoxy) is 1. The number of methoxy groups -OCH3 is 1. The van der Waals surface area contributed by atoms with E-state index in [2.05, 4.69) is 30.0 Å². The SMILES string of the molecule is CCc1c(OC)ccc2c1CN1CCc3sc(CCCl)cc3C1C2. The maximum Gasteiger partial charge on any atom is 0.122 e. The van der Waals surface area contributed by atoms with Gasteiger partial charge in [-0.05, 0) is 60.1 Å². The molecule has 2 aliphatic rings. The van der Waals surface area contributed by atoms with Crippen LogP contribution in [-0.4, -0.2) is 24.4 Å². The molecule has 0 bridgehead atoms. The number of alkyl halides is 1. The Morgan fingerprint density at radius 3 is 3.00 bits per heavy atom. The number of rotatable bonds is 4. The minimum atomic E-state index is 0.541. The first kappa shape index (κ1) is 16.4. The van der Waals surface area contributed by atoms with E-state index in [-0.39, 0.29) is 0 Å². The van der Waals surface area contributed by atoms with Crippen LogP contribution in [0.15, 0.2) is 18.2 Å². The smallest absolute Gasteiger partial charge is 0.122 e. The van der Waals surface area contributed by atoms with Crippen LogP contribution in [-0.2, 0) is 32.2 Å². The highest BCUT2D eigenvalue weighted by Gasteiger charge is 2.34. The lowest BCUT2D eigenvalue weighted by molar-refractivity contribution is 0.161. The molecular weight excluding hydrogens is 338 g/mol. The van der Waals surface area contributed by atoms with Crippen LogP contribution in [0, 0.1) is 0 Å². The summed E-state index contributed by atoms with van der Waals surface area (Å²) in [4.78, 5) is 5.70. The normalized spacial score (nSPS) is 19.5. The van der Waals surface area contributed by atoms with E-state index in [1.54, 1.807) is 17.6 Å². The van der Waals surface area contributed by atoms with Crippen molar-refractivity contribution in [1.82, 2.24) is 4.90 Å². The molecule has 0 fully saturated rings. The molecule has 3 heterocycles. The van der Waals surface area contributed by atoms with Gasteiger partial charge in [-0.2, -0.15) is 0 Å². The monoisotopic (exact) mass is 361 g/mol. The van der Waals surface area contributed by atoms with Crippen LogP contribution in [0.3, 0.4) is 0 Å². The van der Waals surface area contributed by atoms with E-state index in [0.29, 0.717) is 6.04 Å². The fourth-order valence-corrected chi connectivity index (χ4v) is 5.85. The Balaban J connectivity index is 1.71. The molecule has 0 amide bonds. The van der Waals surface area contributed by atoms with E-state index in [0.717, 1.165) is 44.0 Å². The quantitative estimate of drug-likeness (QED) is 0.728. The van der Waals surface area contributed by atoms with Gasteiger partial charge in [-0.3, -0.25) is 4.90 Å². The first-order valence-corrected chi connectivity index (χ1v) is 10.2. The van der Waals surface area contributed by atoms with Crippen molar-refractivity contribution in [1.29, 1.82) is 0 Å². The molecule has 128 valence electrons. The highest BCUT2D eigenvalue weighted by molar-refractivity contribution is 7.12. The van der Waals surface area contributed by atoms with E-state index >= 15 is 0 Å². The van der Waals surface area contributed by atoms with E-state index in [4.69, 9.17) is 16.3 Å². The second-order valence-electron chi connectivity index (χ2n) is 6.71. The molecule has 2 nitrogen and oxygen atoms in total. The van der Waals surface area contributed by atoms with Gasteiger partial charge < -0.3 is 4.74 Å². The molecule has 0 N–H and O–H groups in total. The Morgan fingerprint density at radius 1 is 1.38 bits per heavy atom. The van der Waals surface area contributed by atoms with Crippen molar-refractivity contribution in [2.75, 3.05) is 19.5 Å². The van der Waals surface area contributed by atoms with Gasteiger partial charge in [-0.15, -0.1) is 22.9 Å². The number of hydrogen-bond acceptors (Lipinski definition) is 3. The maximum atomic E-state index is 5.95. The first-order chi connectivity index (χ1) is 11.7. The number of hydrogen-bond donors (Lipinski definition) is 0. The standard InChI is InChI=1S/C20H24ClNOS/c1-3-15-17-12-22-9-7-20-16(11-14(24-20)6-8-21)18(22)10-13(17)4-5-19(15)23-2/h4-5,11,18H,3,6-10,12H2,1-2H3. The highest BCUT2D eigenvalue weighted by atomic mass is 35.5. The van der Waals surface area contributed by atoms with Crippen molar-refractivity contribution in [3.05, 3.63) is 50.2 Å². The molecule has 0 saturated heterocycles. The zero-order chi connectivity index (χ0) is 16.7. The molecule has 4 rings (SSSR count). The largest absolute Gasteiger partial charge is 0.496 e. The van der Waals surface area contributed by atoms with Crippen molar-refractivity contribution >= 4 is 22.9 Å². The van der Waals surface area contributed by atoms with E-state index in [1.807, 2.05) is 11.3 Å². The van der Waals surface area contributed by atoms with Gasteiger partial charge in [0.2, 0.25) is 0 Å². The number of fused-ring (bicyclic) bond motifs is 4. The van der Waals surface area contributed by atoms with E-state index in [1.165, 1.54) is 28.0 Å². The summed E-state index contributed by atoms with van der Waals surface area (Å²) in [6, 6.07) is 7.41. The van der Waals surface area contributed by atoms with Gasteiger partial charge in [0.15, 0.2) is 0 Å². The number of thiophene rings is 1. The summed E-state index contributed by atoms with van der Waals surface area (Å²) in [5.41, 5.74) is 5.97. The summed E-state index contributed by atoms with van der Waals surface area (Å²) in [6.07, 6.45) is 4.34. The fourth-order valence-electron chi connectivity index (χ4n) is 4.32. The molecule has 0 saturated carbocycles. The molecular formula is C20H24ClNOS. The third-order valence-corrected chi connectivity index (χ3v) is 6.95. The zero-order valence-corrected chi connectivity index (χ0v) is 16.0. The number of nitrogens with zero attached hydrogens (tertiary/aromatic N) is 1. The number of halogens is 1. The predicted molar refractivity (Wildman–Crippen MR) is 102 cm³/mol. The van der Waals surface area contributed by atoms with Crippen molar-refractivity contribution in [3.8, 4) is 5.75 Å². The van der Waals surface area contributed by atoms with Crippen LogP contribution >= 0.6 is 22.9 Å². The van der Waals surface area contributed by atoms with Crippen LogP contribution in [0.5, 0.6) is 5.75 Å². The summed E-state index contributed by atoms with van der Waals surface area (Å²) in [7, 11) is 1.78. The Kier molecular flexibility index (Phi) is 4.59. The van der Waals surface area contributed by atoms with Gasteiger partial charge in [0.1, 0.15) is 5.75 Å².